The highest BCUT2D eigenvalue weighted by Crippen LogP contribution is 2.49. The highest BCUT2D eigenvalue weighted by molar-refractivity contribution is 7.99. The van der Waals surface area contributed by atoms with E-state index in [4.69, 9.17) is 12.2 Å². The summed E-state index contributed by atoms with van der Waals surface area (Å²) >= 11 is 7.44. The van der Waals surface area contributed by atoms with Crippen LogP contribution in [0.15, 0.2) is 52.3 Å². The quantitative estimate of drug-likeness (QED) is 0.710. The molecule has 1 heterocycles. The Balaban J connectivity index is 2.02. The van der Waals surface area contributed by atoms with Crippen molar-refractivity contribution in [1.82, 2.24) is 10.2 Å². The van der Waals surface area contributed by atoms with E-state index in [1.54, 1.807) is 0 Å². The van der Waals surface area contributed by atoms with Crippen molar-refractivity contribution in [1.29, 1.82) is 0 Å². The van der Waals surface area contributed by atoms with Gasteiger partial charge in [0.1, 0.15) is 4.99 Å². The van der Waals surface area contributed by atoms with Gasteiger partial charge in [0.2, 0.25) is 0 Å². The minimum Gasteiger partial charge on any atom is -0.376 e. The number of thiocarbonyl (C=S) groups is 1. The van der Waals surface area contributed by atoms with Crippen LogP contribution in [-0.4, -0.2) is 43.1 Å². The second-order valence-electron chi connectivity index (χ2n) is 6.99. The zero-order chi connectivity index (χ0) is 18.7. The molecular weight excluding hydrogens is 358 g/mol. The zero-order valence-electron chi connectivity index (χ0n) is 16.0. The van der Waals surface area contributed by atoms with Crippen molar-refractivity contribution in [3.63, 3.8) is 0 Å². The van der Waals surface area contributed by atoms with Crippen molar-refractivity contribution in [2.45, 2.75) is 36.1 Å². The fraction of sp³-hybridized carbons (Fsp3) is 0.381. The smallest absolute Gasteiger partial charge is 0.106 e. The first-order valence-corrected chi connectivity index (χ1v) is 10.4. The third kappa shape index (κ3) is 4.05. The van der Waals surface area contributed by atoms with Crippen LogP contribution < -0.4 is 10.2 Å². The fourth-order valence-electron chi connectivity index (χ4n) is 3.35. The lowest BCUT2D eigenvalue weighted by Gasteiger charge is -2.38. The molecule has 26 heavy (non-hydrogen) atoms. The second kappa shape index (κ2) is 8.42. The molecule has 3 nitrogen and oxygen atoms in total. The molecule has 2 aromatic carbocycles. The summed E-state index contributed by atoms with van der Waals surface area (Å²) < 4.78 is 0. The predicted molar refractivity (Wildman–Crippen MR) is 117 cm³/mol. The van der Waals surface area contributed by atoms with E-state index in [0.29, 0.717) is 6.04 Å². The number of likely N-dealkylation sites (N-methyl/N-ethyl adjacent to an activating group) is 1. The molecule has 0 saturated heterocycles. The molecule has 0 aliphatic carbocycles. The molecular formula is C21H27N3S2. The van der Waals surface area contributed by atoms with Gasteiger partial charge in [-0.25, -0.2) is 0 Å². The first-order valence-electron chi connectivity index (χ1n) is 9.14. The van der Waals surface area contributed by atoms with Crippen molar-refractivity contribution < 1.29 is 0 Å². The van der Waals surface area contributed by atoms with Gasteiger partial charge in [-0.3, -0.25) is 0 Å². The molecule has 1 aliphatic heterocycles. The average molecular weight is 386 g/mol. The predicted octanol–water partition coefficient (Wildman–Crippen LogP) is 4.91. The SMILES string of the molecule is CCCNC(=S)c1ccc2c(c1)N([C@H](C)CN(C)C)c1ccccc1S2. The Labute approximate surface area is 166 Å². The molecule has 1 aliphatic rings. The van der Waals surface area contributed by atoms with Crippen LogP contribution in [-0.2, 0) is 0 Å². The number of nitrogens with one attached hydrogen (secondary N) is 1. The molecule has 0 fully saturated rings. The van der Waals surface area contributed by atoms with Crippen LogP contribution in [0.5, 0.6) is 0 Å². The molecule has 1 atom stereocenters. The van der Waals surface area contributed by atoms with Crippen LogP contribution in [0.25, 0.3) is 0 Å². The van der Waals surface area contributed by atoms with Crippen molar-refractivity contribution in [3.05, 3.63) is 48.0 Å². The normalized spacial score (nSPS) is 14.0. The van der Waals surface area contributed by atoms with Crippen molar-refractivity contribution in [2.24, 2.45) is 0 Å². The molecule has 0 bridgehead atoms. The summed E-state index contributed by atoms with van der Waals surface area (Å²) in [5, 5.41) is 3.35. The Bertz CT molecular complexity index is 789. The van der Waals surface area contributed by atoms with Crippen LogP contribution in [0.4, 0.5) is 11.4 Å². The summed E-state index contributed by atoms with van der Waals surface area (Å²) in [6.07, 6.45) is 1.07. The maximum atomic E-state index is 5.60. The molecule has 0 radical (unpaired) electrons. The number of para-hydroxylation sites is 1. The van der Waals surface area contributed by atoms with Gasteiger partial charge in [-0.1, -0.05) is 49.1 Å². The molecule has 1 N–H and O–H groups in total. The lowest BCUT2D eigenvalue weighted by molar-refractivity contribution is 0.380. The molecule has 138 valence electrons. The standard InChI is InChI=1S/C21H27N3S2/c1-5-12-22-21(25)16-10-11-20-18(13-16)24(15(2)14-23(3)4)17-8-6-7-9-19(17)26-20/h6-11,13,15H,5,12,14H2,1-4H3,(H,22,25)/t15-/m1/s1. The summed E-state index contributed by atoms with van der Waals surface area (Å²) in [6.45, 7) is 6.34. The van der Waals surface area contributed by atoms with E-state index in [2.05, 4.69) is 85.5 Å². The van der Waals surface area contributed by atoms with Gasteiger partial charge in [-0.05, 0) is 51.7 Å². The number of nitrogens with zero attached hydrogens (tertiary/aromatic N) is 2. The van der Waals surface area contributed by atoms with Gasteiger partial charge >= 0.3 is 0 Å². The number of anilines is 2. The van der Waals surface area contributed by atoms with Gasteiger partial charge in [-0.15, -0.1) is 0 Å². The van der Waals surface area contributed by atoms with Crippen LogP contribution in [0, 0.1) is 0 Å². The summed E-state index contributed by atoms with van der Waals surface area (Å²) in [6, 6.07) is 15.6. The Morgan fingerprint density at radius 2 is 1.88 bits per heavy atom. The first kappa shape index (κ1) is 19.2. The van der Waals surface area contributed by atoms with E-state index in [9.17, 15) is 0 Å². The van der Waals surface area contributed by atoms with E-state index in [1.807, 2.05) is 11.8 Å². The summed E-state index contributed by atoms with van der Waals surface area (Å²) in [4.78, 5) is 8.14. The van der Waals surface area contributed by atoms with Gasteiger partial charge < -0.3 is 15.1 Å². The lowest BCUT2D eigenvalue weighted by atomic mass is 10.1. The number of hydrogen-bond donors (Lipinski definition) is 1. The molecule has 0 saturated carbocycles. The Morgan fingerprint density at radius 1 is 1.15 bits per heavy atom. The Kier molecular flexibility index (Phi) is 6.22. The monoisotopic (exact) mass is 385 g/mol. The highest BCUT2D eigenvalue weighted by Gasteiger charge is 2.27. The van der Waals surface area contributed by atoms with Gasteiger partial charge in [0, 0.05) is 34.5 Å². The minimum absolute atomic E-state index is 0.359. The summed E-state index contributed by atoms with van der Waals surface area (Å²) in [5.41, 5.74) is 3.62. The first-order chi connectivity index (χ1) is 12.5. The third-order valence-corrected chi connectivity index (χ3v) is 5.94. The number of benzene rings is 2. The van der Waals surface area contributed by atoms with Gasteiger partial charge in [0.15, 0.2) is 0 Å². The molecule has 0 spiro atoms. The zero-order valence-corrected chi connectivity index (χ0v) is 17.6. The maximum absolute atomic E-state index is 5.60. The summed E-state index contributed by atoms with van der Waals surface area (Å²) in [7, 11) is 4.25. The van der Waals surface area contributed by atoms with Crippen LogP contribution in [0.2, 0.25) is 0 Å². The van der Waals surface area contributed by atoms with E-state index < -0.39 is 0 Å². The van der Waals surface area contributed by atoms with Gasteiger partial charge in [-0.2, -0.15) is 0 Å². The van der Waals surface area contributed by atoms with Crippen molar-refractivity contribution in [2.75, 3.05) is 32.1 Å². The number of hydrogen-bond acceptors (Lipinski definition) is 4. The second-order valence-corrected chi connectivity index (χ2v) is 8.48. The van der Waals surface area contributed by atoms with Gasteiger partial charge in [0.05, 0.1) is 11.4 Å². The molecule has 0 unspecified atom stereocenters. The molecule has 0 aromatic heterocycles. The van der Waals surface area contributed by atoms with Gasteiger partial charge in [0.25, 0.3) is 0 Å². The minimum atomic E-state index is 0.359. The lowest BCUT2D eigenvalue weighted by Crippen LogP contribution is -2.38. The molecule has 2 aromatic rings. The van der Waals surface area contributed by atoms with Crippen molar-refractivity contribution >= 4 is 40.3 Å². The largest absolute Gasteiger partial charge is 0.376 e. The van der Waals surface area contributed by atoms with Crippen molar-refractivity contribution in [3.8, 4) is 0 Å². The summed E-state index contributed by atoms with van der Waals surface area (Å²) in [5.74, 6) is 0. The van der Waals surface area contributed by atoms with E-state index >= 15 is 0 Å². The maximum Gasteiger partial charge on any atom is 0.106 e. The van der Waals surface area contributed by atoms with Crippen LogP contribution in [0.3, 0.4) is 0 Å². The van der Waals surface area contributed by atoms with E-state index in [-0.39, 0.29) is 0 Å². The van der Waals surface area contributed by atoms with Crippen LogP contribution >= 0.6 is 24.0 Å². The number of rotatable bonds is 6. The van der Waals surface area contributed by atoms with Crippen LogP contribution in [0.1, 0.15) is 25.8 Å². The van der Waals surface area contributed by atoms with E-state index in [0.717, 1.165) is 30.1 Å². The Hall–Kier alpha value is -1.56. The molecule has 0 amide bonds. The third-order valence-electron chi connectivity index (χ3n) is 4.43. The topological polar surface area (TPSA) is 18.5 Å². The molecule has 5 heteroatoms. The Morgan fingerprint density at radius 3 is 2.62 bits per heavy atom. The fourth-order valence-corrected chi connectivity index (χ4v) is 4.63. The highest BCUT2D eigenvalue weighted by atomic mass is 32.2. The molecule has 3 rings (SSSR count). The van der Waals surface area contributed by atoms with E-state index in [1.165, 1.54) is 21.2 Å². The number of fused-ring (bicyclic) bond motifs is 2. The average Bonchev–Trinajstić information content (AvgIpc) is 2.62.